The van der Waals surface area contributed by atoms with Gasteiger partial charge in [0.2, 0.25) is 5.91 Å². The number of Topliss-reactive ketones (excluding diaryl/α,β-unsaturated/α-hetero) is 1. The standard InChI is InChI=1S/C24H31FN4O2.C24H30FN3O2.CH3I/c1-27(23(30)16-28-9-11-31-12-10-28)19-13-18(17-4-5-17)14-29(15-19)22-7-6-21(25)24-20(22)3-2-8-26-24;25-22-5-6-23(21-2-1-7-26-24(21)22)28-14-17(12-19(15-28)18-3-4-18)13-20(29)16-27-8-10-30-11-9-27;1-2/h2-3,6-8,17-19H,4-5,9-16H2,1H3;1-2,5-7,17-19H,3-4,8-16H2;1H3. The molecule has 10 rings (SSSR count). The third kappa shape index (κ3) is 11.6. The Morgan fingerprint density at radius 3 is 1.68 bits per heavy atom. The first-order valence-electron chi connectivity index (χ1n) is 23.1. The molecule has 2 aromatic heterocycles. The lowest BCUT2D eigenvalue weighted by atomic mass is 9.83. The number of alkyl halides is 1. The zero-order valence-corrected chi connectivity index (χ0v) is 39.1. The molecule has 4 aromatic rings. The van der Waals surface area contributed by atoms with E-state index in [-0.39, 0.29) is 23.6 Å². The lowest BCUT2D eigenvalue weighted by Gasteiger charge is -2.43. The molecule has 0 bridgehead atoms. The average Bonchev–Trinajstić information content (AvgIpc) is 4.26. The number of ketones is 1. The number of anilines is 2. The van der Waals surface area contributed by atoms with E-state index >= 15 is 0 Å². The van der Waals surface area contributed by atoms with Crippen molar-refractivity contribution >= 4 is 67.5 Å². The maximum Gasteiger partial charge on any atom is 0.236 e. The van der Waals surface area contributed by atoms with Gasteiger partial charge in [-0.15, -0.1) is 0 Å². The summed E-state index contributed by atoms with van der Waals surface area (Å²) in [6, 6.07) is 14.6. The Morgan fingerprint density at radius 2 is 1.16 bits per heavy atom. The molecule has 14 heteroatoms. The Labute approximate surface area is 385 Å². The average molecular weight is 980 g/mol. The van der Waals surface area contributed by atoms with Crippen LogP contribution in [0.15, 0.2) is 60.9 Å². The van der Waals surface area contributed by atoms with Gasteiger partial charge in [0.05, 0.1) is 39.5 Å². The predicted molar refractivity (Wildman–Crippen MR) is 254 cm³/mol. The van der Waals surface area contributed by atoms with Crippen LogP contribution in [0.1, 0.15) is 44.9 Å². The summed E-state index contributed by atoms with van der Waals surface area (Å²) in [6.07, 6.45) is 11.3. The number of hydrogen-bond donors (Lipinski definition) is 0. The number of halogens is 3. The number of carbonyl (C=O) groups excluding carboxylic acids is 2. The van der Waals surface area contributed by atoms with Crippen LogP contribution in [0.4, 0.5) is 20.2 Å². The Balaban J connectivity index is 0.000000166. The molecule has 0 radical (unpaired) electrons. The molecule has 6 aliphatic rings. The van der Waals surface area contributed by atoms with E-state index in [1.165, 1.54) is 37.8 Å². The maximum atomic E-state index is 14.3. The molecule has 4 saturated heterocycles. The summed E-state index contributed by atoms with van der Waals surface area (Å²) < 4.78 is 39.4. The molecular weight excluding hydrogens is 915 g/mol. The maximum absolute atomic E-state index is 14.3. The third-order valence-corrected chi connectivity index (χ3v) is 14.1. The van der Waals surface area contributed by atoms with Gasteiger partial charge in [-0.25, -0.2) is 8.78 Å². The van der Waals surface area contributed by atoms with Gasteiger partial charge in [-0.2, -0.15) is 0 Å². The molecular formula is C49H64F2IN7O4. The molecule has 6 heterocycles. The summed E-state index contributed by atoms with van der Waals surface area (Å²) in [7, 11) is 1.95. The number of likely N-dealkylation sites (N-methyl/N-ethyl adjacent to an activating group) is 1. The number of ether oxygens (including phenoxy) is 2. The van der Waals surface area contributed by atoms with Crippen LogP contribution >= 0.6 is 22.6 Å². The molecule has 0 N–H and O–H groups in total. The van der Waals surface area contributed by atoms with Gasteiger partial charge in [0.1, 0.15) is 28.5 Å². The van der Waals surface area contributed by atoms with Crippen molar-refractivity contribution in [3.8, 4) is 0 Å². The molecule has 4 atom stereocenters. The number of aromatic nitrogens is 2. The van der Waals surface area contributed by atoms with E-state index in [2.05, 4.69) is 52.2 Å². The van der Waals surface area contributed by atoms with E-state index in [1.807, 2.05) is 53.3 Å². The van der Waals surface area contributed by atoms with Crippen molar-refractivity contribution in [3.05, 3.63) is 72.6 Å². The molecule has 11 nitrogen and oxygen atoms in total. The molecule has 2 aromatic carbocycles. The number of amides is 1. The van der Waals surface area contributed by atoms with E-state index in [1.54, 1.807) is 12.4 Å². The Hall–Kier alpha value is -3.57. The first kappa shape index (κ1) is 46.0. The monoisotopic (exact) mass is 979 g/mol. The zero-order valence-electron chi connectivity index (χ0n) is 37.0. The van der Waals surface area contributed by atoms with Gasteiger partial charge in [0.25, 0.3) is 0 Å². The Morgan fingerprint density at radius 1 is 0.667 bits per heavy atom. The minimum Gasteiger partial charge on any atom is -0.379 e. The number of carbonyl (C=O) groups is 2. The van der Waals surface area contributed by atoms with Crippen LogP contribution < -0.4 is 9.80 Å². The summed E-state index contributed by atoms with van der Waals surface area (Å²) in [5, 5.41) is 1.72. The van der Waals surface area contributed by atoms with Crippen LogP contribution in [-0.4, -0.2) is 146 Å². The lowest BCUT2D eigenvalue weighted by molar-refractivity contribution is -0.134. The summed E-state index contributed by atoms with van der Waals surface area (Å²) >= 11 is 2.15. The first-order valence-corrected chi connectivity index (χ1v) is 25.2. The van der Waals surface area contributed by atoms with E-state index in [0.29, 0.717) is 67.3 Å². The molecule has 4 unspecified atom stereocenters. The predicted octanol–water partition coefficient (Wildman–Crippen LogP) is 7.34. The van der Waals surface area contributed by atoms with Crippen molar-refractivity contribution in [3.63, 3.8) is 0 Å². The highest BCUT2D eigenvalue weighted by atomic mass is 127. The van der Waals surface area contributed by atoms with Crippen molar-refractivity contribution in [2.24, 2.45) is 29.6 Å². The van der Waals surface area contributed by atoms with Crippen molar-refractivity contribution in [2.75, 3.05) is 114 Å². The molecule has 2 aliphatic carbocycles. The molecule has 340 valence electrons. The number of rotatable bonds is 11. The van der Waals surface area contributed by atoms with E-state index in [4.69, 9.17) is 9.47 Å². The van der Waals surface area contributed by atoms with Gasteiger partial charge in [-0.1, -0.05) is 22.6 Å². The van der Waals surface area contributed by atoms with Crippen LogP contribution in [0, 0.1) is 41.2 Å². The molecule has 2 saturated carbocycles. The quantitative estimate of drug-likeness (QED) is 0.112. The van der Waals surface area contributed by atoms with Crippen LogP contribution in [0.25, 0.3) is 21.8 Å². The van der Waals surface area contributed by atoms with Crippen molar-refractivity contribution in [2.45, 2.75) is 51.0 Å². The molecule has 63 heavy (non-hydrogen) atoms. The highest BCUT2D eigenvalue weighted by molar-refractivity contribution is 14.1. The van der Waals surface area contributed by atoms with E-state index < -0.39 is 0 Å². The fourth-order valence-electron chi connectivity index (χ4n) is 10.5. The van der Waals surface area contributed by atoms with E-state index in [9.17, 15) is 18.4 Å². The molecule has 1 amide bonds. The third-order valence-electron chi connectivity index (χ3n) is 14.1. The minimum absolute atomic E-state index is 0.157. The van der Waals surface area contributed by atoms with Gasteiger partial charge in [-0.05, 0) is 122 Å². The fraction of sp³-hybridized carbons (Fsp3) is 0.592. The van der Waals surface area contributed by atoms with E-state index in [0.717, 1.165) is 112 Å². The van der Waals surface area contributed by atoms with Crippen molar-refractivity contribution in [1.82, 2.24) is 24.7 Å². The number of hydrogen-bond acceptors (Lipinski definition) is 10. The van der Waals surface area contributed by atoms with Gasteiger partial charge in [0, 0.05) is 106 Å². The summed E-state index contributed by atoms with van der Waals surface area (Å²) in [6.45, 7) is 10.7. The van der Waals surface area contributed by atoms with Gasteiger partial charge in [0.15, 0.2) is 0 Å². The largest absolute Gasteiger partial charge is 0.379 e. The van der Waals surface area contributed by atoms with Gasteiger partial charge >= 0.3 is 0 Å². The summed E-state index contributed by atoms with van der Waals surface area (Å²) in [4.78, 5) is 47.5. The smallest absolute Gasteiger partial charge is 0.236 e. The number of morpholine rings is 2. The van der Waals surface area contributed by atoms with Crippen LogP contribution in [0.5, 0.6) is 0 Å². The van der Waals surface area contributed by atoms with Crippen LogP contribution in [0.3, 0.4) is 0 Å². The molecule has 6 fully saturated rings. The van der Waals surface area contributed by atoms with Gasteiger partial charge in [-0.3, -0.25) is 29.4 Å². The highest BCUT2D eigenvalue weighted by Crippen LogP contribution is 2.45. The Kier molecular flexibility index (Phi) is 15.8. The minimum atomic E-state index is -0.288. The highest BCUT2D eigenvalue weighted by Gasteiger charge is 2.41. The van der Waals surface area contributed by atoms with Crippen LogP contribution in [-0.2, 0) is 19.1 Å². The molecule has 4 aliphatic heterocycles. The number of nitrogens with zero attached hydrogens (tertiary/aromatic N) is 7. The number of fused-ring (bicyclic) bond motifs is 2. The number of pyridine rings is 2. The zero-order chi connectivity index (χ0) is 43.9. The van der Waals surface area contributed by atoms with Gasteiger partial charge < -0.3 is 24.2 Å². The molecule has 0 spiro atoms. The van der Waals surface area contributed by atoms with Crippen molar-refractivity contribution < 1.29 is 27.8 Å². The van der Waals surface area contributed by atoms with Crippen LogP contribution in [0.2, 0.25) is 0 Å². The summed E-state index contributed by atoms with van der Waals surface area (Å²) in [5.41, 5.74) is 2.93. The topological polar surface area (TPSA) is 94.6 Å². The van der Waals surface area contributed by atoms with Crippen molar-refractivity contribution in [1.29, 1.82) is 0 Å². The normalized spacial score (nSPS) is 24.6. The first-order chi connectivity index (χ1) is 30.8. The fourth-order valence-corrected chi connectivity index (χ4v) is 10.5. The summed E-state index contributed by atoms with van der Waals surface area (Å²) in [5.74, 6) is 3.03. The second-order valence-electron chi connectivity index (χ2n) is 18.5. The number of benzene rings is 2. The number of piperidine rings is 2. The second-order valence-corrected chi connectivity index (χ2v) is 18.5. The SMILES string of the molecule is CI.CN(C(=O)CN1CCOCC1)C1CC(C2CC2)CN(c2ccc(F)c3ncccc23)C1.O=C(CC1CC(C2CC2)CN(c2ccc(F)c3ncccc23)C1)CN1CCOCC1. The lowest BCUT2D eigenvalue weighted by Crippen LogP contribution is -2.54. The Bertz CT molecular complexity index is 2170. The second kappa shape index (κ2) is 21.6.